The van der Waals surface area contributed by atoms with Crippen LogP contribution in [-0.4, -0.2) is 29.3 Å². The molecular weight excluding hydrogens is 326 g/mol. The maximum Gasteiger partial charge on any atom is 0.241 e. The van der Waals surface area contributed by atoms with Crippen molar-refractivity contribution in [3.05, 3.63) is 53.4 Å². The minimum atomic E-state index is -0.605. The van der Waals surface area contributed by atoms with Gasteiger partial charge in [0.05, 0.1) is 6.20 Å². The van der Waals surface area contributed by atoms with Crippen LogP contribution in [0.4, 0.5) is 8.78 Å². The van der Waals surface area contributed by atoms with Gasteiger partial charge in [0, 0.05) is 30.9 Å². The number of hydrogen-bond donors (Lipinski definition) is 2. The number of halogens is 3. The molecule has 0 fully saturated rings. The van der Waals surface area contributed by atoms with Crippen molar-refractivity contribution in [3.8, 4) is 0 Å². The summed E-state index contributed by atoms with van der Waals surface area (Å²) in [5.41, 5.74) is 0.699. The molecule has 2 rings (SSSR count). The smallest absolute Gasteiger partial charge is 0.241 e. The Labute approximate surface area is 139 Å². The van der Waals surface area contributed by atoms with Crippen molar-refractivity contribution in [2.24, 2.45) is 7.05 Å². The molecule has 1 aromatic heterocycles. The molecule has 0 radical (unpaired) electrons. The number of aryl methyl sites for hydroxylation is 1. The number of carbonyl (C=O) groups is 1. The highest BCUT2D eigenvalue weighted by atomic mass is 35.5. The molecule has 1 heterocycles. The Kier molecular flexibility index (Phi) is 7.12. The highest BCUT2D eigenvalue weighted by Gasteiger charge is 2.20. The molecule has 1 amide bonds. The molecule has 0 aliphatic rings. The number of aromatic nitrogens is 2. The quantitative estimate of drug-likeness (QED) is 0.839. The van der Waals surface area contributed by atoms with E-state index >= 15 is 0 Å². The highest BCUT2D eigenvalue weighted by Crippen LogP contribution is 2.13. The molecule has 23 heavy (non-hydrogen) atoms. The molecule has 0 aliphatic carbocycles. The van der Waals surface area contributed by atoms with Gasteiger partial charge >= 0.3 is 0 Å². The zero-order valence-corrected chi connectivity index (χ0v) is 13.7. The summed E-state index contributed by atoms with van der Waals surface area (Å²) in [6.07, 6.45) is 3.42. The van der Waals surface area contributed by atoms with Gasteiger partial charge in [0.25, 0.3) is 0 Å². The van der Waals surface area contributed by atoms with Crippen LogP contribution in [0.5, 0.6) is 0 Å². The number of nitrogens with zero attached hydrogens (tertiary/aromatic N) is 2. The Hall–Kier alpha value is -1.99. The van der Waals surface area contributed by atoms with Crippen LogP contribution < -0.4 is 10.6 Å². The number of nitrogens with one attached hydrogen (secondary N) is 2. The van der Waals surface area contributed by atoms with E-state index < -0.39 is 17.7 Å². The van der Waals surface area contributed by atoms with Crippen molar-refractivity contribution in [1.29, 1.82) is 0 Å². The summed E-state index contributed by atoms with van der Waals surface area (Å²) >= 11 is 0. The van der Waals surface area contributed by atoms with E-state index in [-0.39, 0.29) is 36.8 Å². The molecule has 1 atom stereocenters. The van der Waals surface area contributed by atoms with E-state index in [0.717, 1.165) is 5.56 Å². The Morgan fingerprint density at radius 1 is 1.35 bits per heavy atom. The van der Waals surface area contributed by atoms with E-state index in [2.05, 4.69) is 15.7 Å². The fourth-order valence-corrected chi connectivity index (χ4v) is 2.22. The lowest BCUT2D eigenvalue weighted by atomic mass is 10.1. The van der Waals surface area contributed by atoms with Crippen molar-refractivity contribution < 1.29 is 13.6 Å². The summed E-state index contributed by atoms with van der Waals surface area (Å²) in [5, 5.41) is 9.58. The highest BCUT2D eigenvalue weighted by molar-refractivity contribution is 5.85. The lowest BCUT2D eigenvalue weighted by Crippen LogP contribution is -2.37. The first-order valence-corrected chi connectivity index (χ1v) is 6.89. The summed E-state index contributed by atoms with van der Waals surface area (Å²) in [6, 6.07) is 3.16. The van der Waals surface area contributed by atoms with E-state index in [4.69, 9.17) is 0 Å². The number of amides is 1. The Morgan fingerprint density at radius 2 is 2.00 bits per heavy atom. The molecule has 0 saturated carbocycles. The van der Waals surface area contributed by atoms with Crippen LogP contribution in [0.3, 0.4) is 0 Å². The number of likely N-dealkylation sites (N-methyl/N-ethyl adjacent to an activating group) is 1. The van der Waals surface area contributed by atoms with E-state index in [1.165, 1.54) is 18.2 Å². The maximum atomic E-state index is 13.5. The van der Waals surface area contributed by atoms with Crippen molar-refractivity contribution in [2.45, 2.75) is 12.5 Å². The summed E-state index contributed by atoms with van der Waals surface area (Å²) in [6.45, 7) is 0.148. The van der Waals surface area contributed by atoms with Gasteiger partial charge in [0.1, 0.15) is 17.7 Å². The average molecular weight is 345 g/mol. The van der Waals surface area contributed by atoms with E-state index in [9.17, 15) is 13.6 Å². The summed E-state index contributed by atoms with van der Waals surface area (Å²) < 4.78 is 28.6. The second-order valence-corrected chi connectivity index (χ2v) is 4.91. The second-order valence-electron chi connectivity index (χ2n) is 4.91. The monoisotopic (exact) mass is 344 g/mol. The zero-order chi connectivity index (χ0) is 16.1. The molecule has 126 valence electrons. The number of hydrogen-bond acceptors (Lipinski definition) is 3. The predicted molar refractivity (Wildman–Crippen MR) is 85.3 cm³/mol. The minimum absolute atomic E-state index is 0. The number of rotatable bonds is 6. The maximum absolute atomic E-state index is 13.5. The topological polar surface area (TPSA) is 59.0 Å². The molecule has 0 bridgehead atoms. The van der Waals surface area contributed by atoms with Crippen molar-refractivity contribution in [3.63, 3.8) is 0 Å². The van der Waals surface area contributed by atoms with Gasteiger partial charge in [-0.05, 0) is 25.6 Å². The van der Waals surface area contributed by atoms with Crippen LogP contribution in [0.25, 0.3) is 0 Å². The van der Waals surface area contributed by atoms with E-state index in [0.29, 0.717) is 0 Å². The number of carbonyl (C=O) groups excluding carboxylic acids is 1. The minimum Gasteiger partial charge on any atom is -0.354 e. The molecule has 0 saturated heterocycles. The summed E-state index contributed by atoms with van der Waals surface area (Å²) in [7, 11) is 3.42. The lowest BCUT2D eigenvalue weighted by molar-refractivity contribution is -0.123. The summed E-state index contributed by atoms with van der Waals surface area (Å²) in [5.74, 6) is -1.48. The van der Waals surface area contributed by atoms with Crippen LogP contribution in [0.2, 0.25) is 0 Å². The first kappa shape index (κ1) is 19.1. The Morgan fingerprint density at radius 3 is 2.52 bits per heavy atom. The molecule has 8 heteroatoms. The lowest BCUT2D eigenvalue weighted by Gasteiger charge is -2.14. The SMILES string of the molecule is CNC(C(=O)NCCc1c(F)cccc1F)c1cnn(C)c1.Cl. The van der Waals surface area contributed by atoms with Gasteiger partial charge in [-0.2, -0.15) is 5.10 Å². The van der Waals surface area contributed by atoms with Crippen LogP contribution >= 0.6 is 12.4 Å². The van der Waals surface area contributed by atoms with Crippen molar-refractivity contribution >= 4 is 18.3 Å². The van der Waals surface area contributed by atoms with Gasteiger partial charge < -0.3 is 10.6 Å². The van der Waals surface area contributed by atoms with Crippen LogP contribution in [0.1, 0.15) is 17.2 Å². The largest absolute Gasteiger partial charge is 0.354 e. The Bertz CT molecular complexity index is 642. The zero-order valence-electron chi connectivity index (χ0n) is 12.8. The average Bonchev–Trinajstić information content (AvgIpc) is 2.89. The summed E-state index contributed by atoms with van der Waals surface area (Å²) in [4.78, 5) is 12.1. The van der Waals surface area contributed by atoms with Gasteiger partial charge in [0.15, 0.2) is 0 Å². The first-order chi connectivity index (χ1) is 10.5. The van der Waals surface area contributed by atoms with Gasteiger partial charge in [-0.25, -0.2) is 8.78 Å². The van der Waals surface area contributed by atoms with E-state index in [1.54, 1.807) is 31.2 Å². The van der Waals surface area contributed by atoms with Crippen molar-refractivity contribution in [1.82, 2.24) is 20.4 Å². The number of benzene rings is 1. The molecule has 0 aliphatic heterocycles. The van der Waals surface area contributed by atoms with Gasteiger partial charge in [-0.3, -0.25) is 9.48 Å². The van der Waals surface area contributed by atoms with Crippen LogP contribution in [0.15, 0.2) is 30.6 Å². The van der Waals surface area contributed by atoms with Gasteiger partial charge in [-0.1, -0.05) is 6.07 Å². The first-order valence-electron chi connectivity index (χ1n) is 6.89. The molecule has 2 aromatic rings. The molecule has 0 spiro atoms. The predicted octanol–water partition coefficient (Wildman–Crippen LogP) is 1.74. The third-order valence-electron chi connectivity index (χ3n) is 3.34. The van der Waals surface area contributed by atoms with Crippen molar-refractivity contribution in [2.75, 3.05) is 13.6 Å². The molecule has 1 unspecified atom stereocenters. The molecule has 1 aromatic carbocycles. The molecular formula is C15H19ClF2N4O. The van der Waals surface area contributed by atoms with Crippen LogP contribution in [-0.2, 0) is 18.3 Å². The fourth-order valence-electron chi connectivity index (χ4n) is 2.22. The third kappa shape index (κ3) is 4.74. The molecule has 2 N–H and O–H groups in total. The normalized spacial score (nSPS) is 11.7. The standard InChI is InChI=1S/C15H18F2N4O.ClH/c1-18-14(10-8-20-21(2)9-10)15(22)19-7-6-11-12(16)4-3-5-13(11)17;/h3-5,8-9,14,18H,6-7H2,1-2H3,(H,19,22);1H. The fraction of sp³-hybridized carbons (Fsp3) is 0.333. The van der Waals surface area contributed by atoms with Gasteiger partial charge in [0.2, 0.25) is 5.91 Å². The van der Waals surface area contributed by atoms with Gasteiger partial charge in [-0.15, -0.1) is 12.4 Å². The second kappa shape index (κ2) is 8.59. The Balaban J connectivity index is 0.00000264. The van der Waals surface area contributed by atoms with E-state index in [1.807, 2.05) is 0 Å². The van der Waals surface area contributed by atoms with Crippen LogP contribution in [0, 0.1) is 11.6 Å². The third-order valence-corrected chi connectivity index (χ3v) is 3.34. The molecule has 5 nitrogen and oxygen atoms in total.